The van der Waals surface area contributed by atoms with Crippen molar-refractivity contribution in [3.63, 3.8) is 0 Å². The molecule has 0 radical (unpaired) electrons. The fourth-order valence-corrected chi connectivity index (χ4v) is 3.33. The van der Waals surface area contributed by atoms with Crippen LogP contribution in [0.25, 0.3) is 11.1 Å². The number of ether oxygens (including phenoxy) is 2. The molecular weight excluding hydrogens is 326 g/mol. The van der Waals surface area contributed by atoms with E-state index in [4.69, 9.17) is 9.47 Å². The Bertz CT molecular complexity index is 717. The van der Waals surface area contributed by atoms with Crippen molar-refractivity contribution in [3.05, 3.63) is 46.2 Å². The minimum Gasteiger partial charge on any atom is -0.451 e. The highest BCUT2D eigenvalue weighted by atomic mass is 32.1. The number of aryl methyl sites for hydroxylation is 1. The first-order chi connectivity index (χ1) is 11.6. The molecule has 1 amide bonds. The Hall–Kier alpha value is -2.18. The Morgan fingerprint density at radius 3 is 2.58 bits per heavy atom. The number of esters is 1. The molecule has 1 aliphatic heterocycles. The normalized spacial score (nSPS) is 14.5. The lowest BCUT2D eigenvalue weighted by molar-refractivity contribution is -0.138. The van der Waals surface area contributed by atoms with Crippen LogP contribution in [0.5, 0.6) is 0 Å². The van der Waals surface area contributed by atoms with E-state index >= 15 is 0 Å². The second-order valence-corrected chi connectivity index (χ2v) is 6.51. The summed E-state index contributed by atoms with van der Waals surface area (Å²) in [5.74, 6) is -0.637. The Kier molecular flexibility index (Phi) is 5.27. The van der Waals surface area contributed by atoms with Crippen molar-refractivity contribution in [2.75, 3.05) is 32.9 Å². The predicted molar refractivity (Wildman–Crippen MR) is 92.2 cm³/mol. The van der Waals surface area contributed by atoms with Crippen LogP contribution in [0.2, 0.25) is 0 Å². The molecule has 6 heteroatoms. The van der Waals surface area contributed by atoms with Crippen LogP contribution in [-0.2, 0) is 14.3 Å². The van der Waals surface area contributed by atoms with Gasteiger partial charge in [0.1, 0.15) is 4.88 Å². The summed E-state index contributed by atoms with van der Waals surface area (Å²) < 4.78 is 10.4. The minimum absolute atomic E-state index is 0.180. The minimum atomic E-state index is -0.456. The van der Waals surface area contributed by atoms with E-state index in [0.29, 0.717) is 31.2 Å². The van der Waals surface area contributed by atoms with Crippen molar-refractivity contribution >= 4 is 23.2 Å². The first kappa shape index (κ1) is 16.7. The number of thiophene rings is 1. The zero-order valence-corrected chi connectivity index (χ0v) is 14.3. The van der Waals surface area contributed by atoms with Crippen molar-refractivity contribution in [2.24, 2.45) is 0 Å². The Morgan fingerprint density at radius 2 is 1.88 bits per heavy atom. The van der Waals surface area contributed by atoms with E-state index < -0.39 is 5.97 Å². The van der Waals surface area contributed by atoms with Crippen LogP contribution in [0.1, 0.15) is 15.2 Å². The highest BCUT2D eigenvalue weighted by Crippen LogP contribution is 2.29. The van der Waals surface area contributed by atoms with Crippen LogP contribution in [0, 0.1) is 6.92 Å². The summed E-state index contributed by atoms with van der Waals surface area (Å²) in [6, 6.07) is 9.87. The van der Waals surface area contributed by atoms with E-state index in [1.807, 2.05) is 42.6 Å². The van der Waals surface area contributed by atoms with E-state index in [9.17, 15) is 9.59 Å². The molecular formula is C18H19NO4S. The van der Waals surface area contributed by atoms with E-state index in [0.717, 1.165) is 16.7 Å². The van der Waals surface area contributed by atoms with E-state index in [1.165, 1.54) is 11.3 Å². The van der Waals surface area contributed by atoms with Crippen molar-refractivity contribution in [1.29, 1.82) is 0 Å². The van der Waals surface area contributed by atoms with Crippen molar-refractivity contribution in [1.82, 2.24) is 4.90 Å². The third-order valence-electron chi connectivity index (χ3n) is 3.90. The van der Waals surface area contributed by atoms with E-state index in [1.54, 1.807) is 4.90 Å². The Morgan fingerprint density at radius 1 is 1.17 bits per heavy atom. The summed E-state index contributed by atoms with van der Waals surface area (Å²) in [7, 11) is 0. The molecule has 0 spiro atoms. The fraction of sp³-hybridized carbons (Fsp3) is 0.333. The van der Waals surface area contributed by atoms with Crippen molar-refractivity contribution < 1.29 is 19.1 Å². The van der Waals surface area contributed by atoms with Crippen molar-refractivity contribution in [3.8, 4) is 11.1 Å². The van der Waals surface area contributed by atoms with Crippen LogP contribution in [0.15, 0.2) is 35.7 Å². The summed E-state index contributed by atoms with van der Waals surface area (Å²) in [4.78, 5) is 26.6. The van der Waals surface area contributed by atoms with Gasteiger partial charge < -0.3 is 14.4 Å². The lowest BCUT2D eigenvalue weighted by atomic mass is 10.1. The Balaban J connectivity index is 1.64. The fourth-order valence-electron chi connectivity index (χ4n) is 2.52. The maximum absolute atomic E-state index is 12.3. The molecule has 1 fully saturated rings. The highest BCUT2D eigenvalue weighted by molar-refractivity contribution is 7.12. The topological polar surface area (TPSA) is 55.8 Å². The zero-order chi connectivity index (χ0) is 16.9. The highest BCUT2D eigenvalue weighted by Gasteiger charge is 2.21. The predicted octanol–water partition coefficient (Wildman–Crippen LogP) is 2.74. The first-order valence-electron chi connectivity index (χ1n) is 7.82. The molecule has 0 saturated carbocycles. The molecule has 126 valence electrons. The number of rotatable bonds is 4. The third-order valence-corrected chi connectivity index (χ3v) is 4.80. The lowest BCUT2D eigenvalue weighted by Crippen LogP contribution is -2.42. The number of amides is 1. The molecule has 3 rings (SSSR count). The quantitative estimate of drug-likeness (QED) is 0.800. The average Bonchev–Trinajstić information content (AvgIpc) is 3.10. The molecule has 0 unspecified atom stereocenters. The molecule has 0 N–H and O–H groups in total. The monoisotopic (exact) mass is 345 g/mol. The zero-order valence-electron chi connectivity index (χ0n) is 13.5. The molecule has 0 atom stereocenters. The first-order valence-corrected chi connectivity index (χ1v) is 8.70. The molecule has 1 aliphatic rings. The molecule has 1 aromatic heterocycles. The third kappa shape index (κ3) is 3.83. The number of hydrogen-bond acceptors (Lipinski definition) is 5. The number of hydrogen-bond donors (Lipinski definition) is 0. The lowest BCUT2D eigenvalue weighted by Gasteiger charge is -2.26. The van der Waals surface area contributed by atoms with E-state index in [-0.39, 0.29) is 12.5 Å². The summed E-state index contributed by atoms with van der Waals surface area (Å²) >= 11 is 1.32. The van der Waals surface area contributed by atoms with Gasteiger partial charge in [-0.2, -0.15) is 0 Å². The summed E-state index contributed by atoms with van der Waals surface area (Å²) in [6.07, 6.45) is 0. The molecule has 1 aromatic carbocycles. The molecule has 1 saturated heterocycles. The molecule has 2 heterocycles. The molecule has 2 aromatic rings. The smallest absolute Gasteiger partial charge is 0.349 e. The summed E-state index contributed by atoms with van der Waals surface area (Å²) in [6.45, 7) is 3.94. The average molecular weight is 345 g/mol. The van der Waals surface area contributed by atoms with Gasteiger partial charge in [0.15, 0.2) is 6.61 Å². The summed E-state index contributed by atoms with van der Waals surface area (Å²) in [5.41, 5.74) is 2.96. The van der Waals surface area contributed by atoms with Gasteiger partial charge in [0.2, 0.25) is 0 Å². The Labute approximate surface area is 144 Å². The number of nitrogens with zero attached hydrogens (tertiary/aromatic N) is 1. The molecule has 0 aliphatic carbocycles. The van der Waals surface area contributed by atoms with Gasteiger partial charge in [0, 0.05) is 18.7 Å². The second-order valence-electron chi connectivity index (χ2n) is 5.60. The summed E-state index contributed by atoms with van der Waals surface area (Å²) in [5, 5.41) is 1.86. The largest absolute Gasteiger partial charge is 0.451 e. The maximum atomic E-state index is 12.3. The number of morpholine rings is 1. The number of benzene rings is 1. The van der Waals surface area contributed by atoms with Gasteiger partial charge in [-0.25, -0.2) is 4.79 Å². The SMILES string of the molecule is Cc1ccc(-c2ccsc2C(=O)OCC(=O)N2CCOCC2)cc1. The van der Waals surface area contributed by atoms with Gasteiger partial charge >= 0.3 is 5.97 Å². The van der Waals surface area contributed by atoms with Crippen LogP contribution < -0.4 is 0 Å². The maximum Gasteiger partial charge on any atom is 0.349 e. The second kappa shape index (κ2) is 7.59. The van der Waals surface area contributed by atoms with Crippen LogP contribution in [0.3, 0.4) is 0 Å². The molecule has 0 bridgehead atoms. The van der Waals surface area contributed by atoms with Gasteiger partial charge in [0.05, 0.1) is 13.2 Å². The van der Waals surface area contributed by atoms with Gasteiger partial charge in [-0.1, -0.05) is 29.8 Å². The van der Waals surface area contributed by atoms with E-state index in [2.05, 4.69) is 0 Å². The number of carbonyl (C=O) groups excluding carboxylic acids is 2. The van der Waals surface area contributed by atoms with Gasteiger partial charge in [-0.15, -0.1) is 11.3 Å². The standard InChI is InChI=1S/C18H19NO4S/c1-13-2-4-14(5-3-13)15-6-11-24-17(15)18(21)23-12-16(20)19-7-9-22-10-8-19/h2-6,11H,7-10,12H2,1H3. The van der Waals surface area contributed by atoms with Crippen molar-refractivity contribution in [2.45, 2.75) is 6.92 Å². The molecule has 5 nitrogen and oxygen atoms in total. The number of carbonyl (C=O) groups is 2. The van der Waals surface area contributed by atoms with Crippen LogP contribution in [0.4, 0.5) is 0 Å². The van der Waals surface area contributed by atoms with Gasteiger partial charge in [-0.3, -0.25) is 4.79 Å². The van der Waals surface area contributed by atoms with Crippen LogP contribution in [-0.4, -0.2) is 49.7 Å². The van der Waals surface area contributed by atoms with Gasteiger partial charge in [-0.05, 0) is 23.9 Å². The molecule has 24 heavy (non-hydrogen) atoms. The van der Waals surface area contributed by atoms with Gasteiger partial charge in [0.25, 0.3) is 5.91 Å². The van der Waals surface area contributed by atoms with Crippen LogP contribution >= 0.6 is 11.3 Å².